The Morgan fingerprint density at radius 1 is 1.47 bits per heavy atom. The number of likely N-dealkylation sites (N-methyl/N-ethyl adjacent to an activating group) is 1. The molecule has 1 amide bonds. The van der Waals surface area contributed by atoms with Crippen molar-refractivity contribution in [2.45, 2.75) is 18.0 Å². The number of nitrogens with two attached hydrogens (primary N) is 2. The van der Waals surface area contributed by atoms with Crippen LogP contribution in [0.25, 0.3) is 0 Å². The van der Waals surface area contributed by atoms with Crippen molar-refractivity contribution in [3.05, 3.63) is 17.7 Å². The first-order chi connectivity index (χ1) is 8.61. The van der Waals surface area contributed by atoms with Crippen LogP contribution in [0.4, 0.5) is 5.82 Å². The lowest BCUT2D eigenvalue weighted by Gasteiger charge is -2.19. The molecule has 1 aromatic heterocycles. The van der Waals surface area contributed by atoms with Crippen molar-refractivity contribution < 1.29 is 13.2 Å². The standard InChI is InChI=1S/C11H18N4O3S/c1-7(12)8-4-10(15(2)6-9(13)16)14-11(5-8)19(3,17)18/h4-5,7H,6,12H2,1-3H3,(H2,13,16)/t7-/m0/s1. The number of nitrogens with zero attached hydrogens (tertiary/aromatic N) is 2. The highest BCUT2D eigenvalue weighted by Crippen LogP contribution is 2.20. The third-order valence-electron chi connectivity index (χ3n) is 2.50. The van der Waals surface area contributed by atoms with Gasteiger partial charge in [-0.05, 0) is 24.6 Å². The molecule has 7 nitrogen and oxygen atoms in total. The maximum atomic E-state index is 11.6. The number of amides is 1. The minimum Gasteiger partial charge on any atom is -0.368 e. The van der Waals surface area contributed by atoms with Crippen LogP contribution in [-0.2, 0) is 14.6 Å². The monoisotopic (exact) mass is 286 g/mol. The summed E-state index contributed by atoms with van der Waals surface area (Å²) >= 11 is 0. The van der Waals surface area contributed by atoms with Gasteiger partial charge in [-0.3, -0.25) is 4.79 Å². The van der Waals surface area contributed by atoms with Gasteiger partial charge in [-0.1, -0.05) is 0 Å². The summed E-state index contributed by atoms with van der Waals surface area (Å²) in [5.41, 5.74) is 11.5. The van der Waals surface area contributed by atoms with Crippen molar-refractivity contribution in [1.29, 1.82) is 0 Å². The molecule has 0 spiro atoms. The maximum absolute atomic E-state index is 11.6. The second kappa shape index (κ2) is 5.54. The molecule has 0 saturated heterocycles. The van der Waals surface area contributed by atoms with Crippen LogP contribution in [0.1, 0.15) is 18.5 Å². The van der Waals surface area contributed by atoms with Crippen LogP contribution in [0.3, 0.4) is 0 Å². The second-order valence-corrected chi connectivity index (χ2v) is 6.44. The summed E-state index contributed by atoms with van der Waals surface area (Å²) in [6.45, 7) is 1.68. The Hall–Kier alpha value is -1.67. The van der Waals surface area contributed by atoms with Crippen LogP contribution in [-0.4, -0.2) is 39.2 Å². The van der Waals surface area contributed by atoms with E-state index in [-0.39, 0.29) is 17.6 Å². The predicted molar refractivity (Wildman–Crippen MR) is 72.4 cm³/mol. The molecule has 0 aliphatic rings. The molecular weight excluding hydrogens is 268 g/mol. The first-order valence-electron chi connectivity index (χ1n) is 5.58. The number of sulfone groups is 1. The Kier molecular flexibility index (Phi) is 4.48. The van der Waals surface area contributed by atoms with Crippen LogP contribution in [0.2, 0.25) is 0 Å². The quantitative estimate of drug-likeness (QED) is 0.747. The van der Waals surface area contributed by atoms with Crippen molar-refractivity contribution in [2.24, 2.45) is 11.5 Å². The molecule has 19 heavy (non-hydrogen) atoms. The van der Waals surface area contributed by atoms with Gasteiger partial charge < -0.3 is 16.4 Å². The van der Waals surface area contributed by atoms with E-state index in [1.165, 1.54) is 11.0 Å². The van der Waals surface area contributed by atoms with E-state index in [0.717, 1.165) is 6.26 Å². The van der Waals surface area contributed by atoms with Crippen molar-refractivity contribution in [3.8, 4) is 0 Å². The average Bonchev–Trinajstić information content (AvgIpc) is 2.26. The van der Waals surface area contributed by atoms with Crippen LogP contribution >= 0.6 is 0 Å². The molecule has 1 aromatic rings. The number of aromatic nitrogens is 1. The molecule has 0 aliphatic heterocycles. The van der Waals surface area contributed by atoms with Gasteiger partial charge in [-0.15, -0.1) is 0 Å². The summed E-state index contributed by atoms with van der Waals surface area (Å²) in [6, 6.07) is 2.73. The molecule has 1 heterocycles. The average molecular weight is 286 g/mol. The maximum Gasteiger partial charge on any atom is 0.236 e. The zero-order chi connectivity index (χ0) is 14.8. The minimum absolute atomic E-state index is 0.0569. The highest BCUT2D eigenvalue weighted by atomic mass is 32.2. The van der Waals surface area contributed by atoms with Crippen LogP contribution in [0.5, 0.6) is 0 Å². The summed E-state index contributed by atoms with van der Waals surface area (Å²) in [6.07, 6.45) is 1.07. The van der Waals surface area contributed by atoms with Crippen LogP contribution in [0.15, 0.2) is 17.2 Å². The number of rotatable bonds is 5. The number of anilines is 1. The van der Waals surface area contributed by atoms with E-state index in [1.807, 2.05) is 0 Å². The third kappa shape index (κ3) is 4.18. The van der Waals surface area contributed by atoms with Gasteiger partial charge in [0, 0.05) is 19.3 Å². The molecule has 1 rings (SSSR count). The molecule has 0 unspecified atom stereocenters. The smallest absolute Gasteiger partial charge is 0.236 e. The number of carbonyl (C=O) groups is 1. The van der Waals surface area contributed by atoms with E-state index in [4.69, 9.17) is 11.5 Å². The zero-order valence-corrected chi connectivity index (χ0v) is 11.9. The number of hydrogen-bond acceptors (Lipinski definition) is 6. The summed E-state index contributed by atoms with van der Waals surface area (Å²) in [7, 11) is -1.85. The zero-order valence-electron chi connectivity index (χ0n) is 11.1. The molecule has 0 fully saturated rings. The molecule has 0 radical (unpaired) electrons. The van der Waals surface area contributed by atoms with E-state index in [2.05, 4.69) is 4.98 Å². The molecule has 1 atom stereocenters. The van der Waals surface area contributed by atoms with Crippen LogP contribution in [0, 0.1) is 0 Å². The number of carbonyl (C=O) groups excluding carboxylic acids is 1. The number of primary amides is 1. The Balaban J connectivity index is 3.32. The van der Waals surface area contributed by atoms with Gasteiger partial charge in [0.05, 0.1) is 6.54 Å². The van der Waals surface area contributed by atoms with Crippen molar-refractivity contribution >= 4 is 21.6 Å². The Bertz CT molecular complexity index is 584. The van der Waals surface area contributed by atoms with E-state index in [1.54, 1.807) is 20.0 Å². The highest BCUT2D eigenvalue weighted by molar-refractivity contribution is 7.90. The van der Waals surface area contributed by atoms with E-state index >= 15 is 0 Å². The van der Waals surface area contributed by atoms with Gasteiger partial charge in [0.25, 0.3) is 0 Å². The van der Waals surface area contributed by atoms with Gasteiger partial charge in [0.1, 0.15) is 5.82 Å². The summed E-state index contributed by atoms with van der Waals surface area (Å²) in [5, 5.41) is -0.0754. The fourth-order valence-electron chi connectivity index (χ4n) is 1.47. The van der Waals surface area contributed by atoms with Gasteiger partial charge in [0.2, 0.25) is 5.91 Å². The highest BCUT2D eigenvalue weighted by Gasteiger charge is 2.16. The molecule has 0 aromatic carbocycles. The Labute approximate surface area is 112 Å². The molecule has 0 saturated carbocycles. The first kappa shape index (κ1) is 15.4. The normalized spacial score (nSPS) is 13.1. The summed E-state index contributed by atoms with van der Waals surface area (Å²) in [5.74, 6) is -0.189. The van der Waals surface area contributed by atoms with Crippen molar-refractivity contribution in [1.82, 2.24) is 4.98 Å². The van der Waals surface area contributed by atoms with Gasteiger partial charge in [-0.25, -0.2) is 13.4 Å². The van der Waals surface area contributed by atoms with Gasteiger partial charge in [-0.2, -0.15) is 0 Å². The Morgan fingerprint density at radius 3 is 2.47 bits per heavy atom. The van der Waals surface area contributed by atoms with Crippen molar-refractivity contribution in [2.75, 3.05) is 24.7 Å². The second-order valence-electron chi connectivity index (χ2n) is 4.48. The van der Waals surface area contributed by atoms with E-state index in [0.29, 0.717) is 11.4 Å². The fraction of sp³-hybridized carbons (Fsp3) is 0.455. The van der Waals surface area contributed by atoms with Crippen LogP contribution < -0.4 is 16.4 Å². The number of hydrogen-bond donors (Lipinski definition) is 2. The third-order valence-corrected chi connectivity index (χ3v) is 3.47. The largest absolute Gasteiger partial charge is 0.368 e. The topological polar surface area (TPSA) is 119 Å². The Morgan fingerprint density at radius 2 is 2.05 bits per heavy atom. The molecular formula is C11H18N4O3S. The molecule has 4 N–H and O–H groups in total. The number of pyridine rings is 1. The minimum atomic E-state index is -3.45. The lowest BCUT2D eigenvalue weighted by atomic mass is 10.1. The van der Waals surface area contributed by atoms with E-state index < -0.39 is 15.7 Å². The van der Waals surface area contributed by atoms with Crippen molar-refractivity contribution in [3.63, 3.8) is 0 Å². The lowest BCUT2D eigenvalue weighted by Crippen LogP contribution is -2.31. The first-order valence-corrected chi connectivity index (χ1v) is 7.47. The molecule has 106 valence electrons. The summed E-state index contributed by atoms with van der Waals surface area (Å²) < 4.78 is 23.2. The molecule has 8 heteroatoms. The van der Waals surface area contributed by atoms with Gasteiger partial charge >= 0.3 is 0 Å². The van der Waals surface area contributed by atoms with Gasteiger partial charge in [0.15, 0.2) is 14.9 Å². The SMILES string of the molecule is C[C@H](N)c1cc(N(C)CC(N)=O)nc(S(C)(=O)=O)c1. The predicted octanol–water partition coefficient (Wildman–Crippen LogP) is -0.574. The summed E-state index contributed by atoms with van der Waals surface area (Å²) in [4.78, 5) is 16.4. The van der Waals surface area contributed by atoms with E-state index in [9.17, 15) is 13.2 Å². The molecule has 0 aliphatic carbocycles. The lowest BCUT2D eigenvalue weighted by molar-refractivity contribution is -0.116. The molecule has 0 bridgehead atoms. The fourth-order valence-corrected chi connectivity index (χ4v) is 2.08.